The lowest BCUT2D eigenvalue weighted by atomic mass is 10.2. The van der Waals surface area contributed by atoms with E-state index in [9.17, 15) is 28.0 Å². The van der Waals surface area contributed by atoms with Gasteiger partial charge in [-0.2, -0.15) is 0 Å². The Morgan fingerprint density at radius 2 is 1.38 bits per heavy atom. The van der Waals surface area contributed by atoms with Gasteiger partial charge in [0, 0.05) is 18.1 Å². The molecule has 264 valence electrons. The number of ether oxygens (including phenoxy) is 2. The molecule has 6 aromatic rings. The molecule has 2 heterocycles. The molecule has 1 fully saturated rings. The number of benzene rings is 4. The van der Waals surface area contributed by atoms with Crippen LogP contribution in [0.25, 0.3) is 21.8 Å². The SMILES string of the molecule is Cc1nc2cc(OCc3cccc(F)c3)ccc2c(=O)n1CC(=O)NC(C(N)=O)n1c(C2CC2)nc2cc(OCc3cccc(F)c3)ccc2c1=O. The van der Waals surface area contributed by atoms with Crippen LogP contribution in [0.3, 0.4) is 0 Å². The van der Waals surface area contributed by atoms with E-state index in [0.717, 1.165) is 9.13 Å². The number of aromatic nitrogens is 4. The number of nitrogens with two attached hydrogens (primary N) is 1. The normalized spacial score (nSPS) is 13.2. The molecule has 4 aromatic carbocycles. The molecule has 0 bridgehead atoms. The second-order valence-corrected chi connectivity index (χ2v) is 12.5. The van der Waals surface area contributed by atoms with Crippen molar-refractivity contribution in [2.75, 3.05) is 0 Å². The molecule has 3 N–H and O–H groups in total. The van der Waals surface area contributed by atoms with Gasteiger partial charge in [0.2, 0.25) is 5.91 Å². The molecular weight excluding hydrogens is 674 g/mol. The minimum Gasteiger partial charge on any atom is -0.489 e. The summed E-state index contributed by atoms with van der Waals surface area (Å²) in [6.07, 6.45) is -0.178. The maximum Gasteiger partial charge on any atom is 0.263 e. The van der Waals surface area contributed by atoms with Gasteiger partial charge in [-0.05, 0) is 79.4 Å². The second kappa shape index (κ2) is 14.1. The molecule has 12 nitrogen and oxygen atoms in total. The Labute approximate surface area is 294 Å². The van der Waals surface area contributed by atoms with Crippen molar-refractivity contribution in [3.8, 4) is 11.5 Å². The van der Waals surface area contributed by atoms with Crippen molar-refractivity contribution in [3.05, 3.63) is 140 Å². The van der Waals surface area contributed by atoms with Crippen LogP contribution in [-0.2, 0) is 29.3 Å². The number of aryl methyl sites for hydroxylation is 1. The Bertz CT molecular complexity index is 2500. The van der Waals surface area contributed by atoms with Crippen LogP contribution in [0, 0.1) is 18.6 Å². The molecule has 14 heteroatoms. The molecule has 0 aliphatic heterocycles. The average Bonchev–Trinajstić information content (AvgIpc) is 3.96. The third-order valence-electron chi connectivity index (χ3n) is 8.68. The van der Waals surface area contributed by atoms with Gasteiger partial charge in [-0.3, -0.25) is 28.3 Å². The van der Waals surface area contributed by atoms with Gasteiger partial charge < -0.3 is 20.5 Å². The Hall–Kier alpha value is -6.44. The number of rotatable bonds is 12. The molecule has 1 saturated carbocycles. The van der Waals surface area contributed by atoms with E-state index in [1.54, 1.807) is 55.5 Å². The Morgan fingerprint density at radius 3 is 1.92 bits per heavy atom. The van der Waals surface area contributed by atoms with Crippen LogP contribution in [0.4, 0.5) is 8.78 Å². The van der Waals surface area contributed by atoms with Crippen LogP contribution < -0.4 is 31.6 Å². The predicted molar refractivity (Wildman–Crippen MR) is 187 cm³/mol. The fraction of sp³-hybridized carbons (Fsp3) is 0.211. The first-order valence-electron chi connectivity index (χ1n) is 16.4. The van der Waals surface area contributed by atoms with E-state index < -0.39 is 35.6 Å². The van der Waals surface area contributed by atoms with E-state index in [2.05, 4.69) is 10.3 Å². The number of nitrogens with one attached hydrogen (secondary N) is 1. The van der Waals surface area contributed by atoms with Crippen molar-refractivity contribution in [1.82, 2.24) is 24.4 Å². The number of amides is 2. The Morgan fingerprint density at radius 1 is 0.827 bits per heavy atom. The van der Waals surface area contributed by atoms with Crippen LogP contribution in [-0.4, -0.2) is 30.9 Å². The third-order valence-corrected chi connectivity index (χ3v) is 8.68. The first-order chi connectivity index (χ1) is 25.0. The highest BCUT2D eigenvalue weighted by Gasteiger charge is 2.34. The van der Waals surface area contributed by atoms with Crippen molar-refractivity contribution in [2.24, 2.45) is 5.73 Å². The van der Waals surface area contributed by atoms with Crippen molar-refractivity contribution in [2.45, 2.75) is 51.6 Å². The van der Waals surface area contributed by atoms with Gasteiger partial charge in [-0.1, -0.05) is 24.3 Å². The number of nitrogens with zero attached hydrogens (tertiary/aromatic N) is 4. The maximum atomic E-state index is 13.9. The van der Waals surface area contributed by atoms with Crippen molar-refractivity contribution >= 4 is 33.6 Å². The van der Waals surface area contributed by atoms with Gasteiger partial charge in [-0.15, -0.1) is 0 Å². The summed E-state index contributed by atoms with van der Waals surface area (Å²) >= 11 is 0. The number of hydrogen-bond donors (Lipinski definition) is 2. The van der Waals surface area contributed by atoms with Gasteiger partial charge in [-0.25, -0.2) is 18.7 Å². The molecule has 0 radical (unpaired) electrons. The number of carbonyl (C=O) groups excluding carboxylic acids is 2. The van der Waals surface area contributed by atoms with Crippen molar-refractivity contribution in [3.63, 3.8) is 0 Å². The summed E-state index contributed by atoms with van der Waals surface area (Å²) in [5.41, 5.74) is 6.56. The Kier molecular flexibility index (Phi) is 9.20. The number of primary amides is 1. The summed E-state index contributed by atoms with van der Waals surface area (Å²) in [5, 5.41) is 2.91. The van der Waals surface area contributed by atoms with Crippen LogP contribution in [0.5, 0.6) is 11.5 Å². The summed E-state index contributed by atoms with van der Waals surface area (Å²) in [6.45, 7) is 1.23. The largest absolute Gasteiger partial charge is 0.489 e. The molecular formula is C38H32F2N6O6. The molecule has 7 rings (SSSR count). The predicted octanol–water partition coefficient (Wildman–Crippen LogP) is 4.53. The van der Waals surface area contributed by atoms with Gasteiger partial charge in [0.05, 0.1) is 21.8 Å². The molecule has 2 amide bonds. The summed E-state index contributed by atoms with van der Waals surface area (Å²) < 4.78 is 41.0. The minimum atomic E-state index is -1.60. The van der Waals surface area contributed by atoms with Crippen molar-refractivity contribution in [1.29, 1.82) is 0 Å². The van der Waals surface area contributed by atoms with Crippen LogP contribution in [0.1, 0.15) is 47.7 Å². The first kappa shape index (κ1) is 34.0. The van der Waals surface area contributed by atoms with E-state index in [4.69, 9.17) is 20.2 Å². The lowest BCUT2D eigenvalue weighted by Gasteiger charge is -2.22. The molecule has 0 spiro atoms. The summed E-state index contributed by atoms with van der Waals surface area (Å²) in [4.78, 5) is 62.9. The molecule has 52 heavy (non-hydrogen) atoms. The smallest absolute Gasteiger partial charge is 0.263 e. The number of carbonyl (C=O) groups is 2. The fourth-order valence-electron chi connectivity index (χ4n) is 5.94. The zero-order valence-electron chi connectivity index (χ0n) is 27.8. The average molecular weight is 707 g/mol. The first-order valence-corrected chi connectivity index (χ1v) is 16.4. The highest BCUT2D eigenvalue weighted by Crippen LogP contribution is 2.39. The van der Waals surface area contributed by atoms with Crippen LogP contribution in [0.2, 0.25) is 0 Å². The maximum absolute atomic E-state index is 13.9. The topological polar surface area (TPSA) is 160 Å². The van der Waals surface area contributed by atoms with Crippen molar-refractivity contribution < 1.29 is 27.8 Å². The molecule has 1 aliphatic rings. The van der Waals surface area contributed by atoms with Crippen LogP contribution in [0.15, 0.2) is 94.5 Å². The Balaban J connectivity index is 1.12. The second-order valence-electron chi connectivity index (χ2n) is 12.5. The summed E-state index contributed by atoms with van der Waals surface area (Å²) in [5.74, 6) is -1.37. The molecule has 1 atom stereocenters. The molecule has 2 aromatic heterocycles. The van der Waals surface area contributed by atoms with E-state index in [0.29, 0.717) is 46.5 Å². The minimum absolute atomic E-state index is 0.0916. The molecule has 1 unspecified atom stereocenters. The zero-order chi connectivity index (χ0) is 36.5. The third kappa shape index (κ3) is 7.22. The lowest BCUT2D eigenvalue weighted by molar-refractivity contribution is -0.129. The monoisotopic (exact) mass is 706 g/mol. The van der Waals surface area contributed by atoms with E-state index in [-0.39, 0.29) is 53.2 Å². The van der Waals surface area contributed by atoms with E-state index >= 15 is 0 Å². The summed E-state index contributed by atoms with van der Waals surface area (Å²) in [7, 11) is 0. The molecule has 1 aliphatic carbocycles. The highest BCUT2D eigenvalue weighted by molar-refractivity contribution is 5.86. The number of halogens is 2. The van der Waals surface area contributed by atoms with Crippen LogP contribution >= 0.6 is 0 Å². The quantitative estimate of drug-likeness (QED) is 0.188. The van der Waals surface area contributed by atoms with E-state index in [1.807, 2.05) is 0 Å². The van der Waals surface area contributed by atoms with Gasteiger partial charge in [0.1, 0.15) is 54.5 Å². The van der Waals surface area contributed by atoms with Gasteiger partial charge >= 0.3 is 0 Å². The standard InChI is InChI=1S/C38H32F2N6O6/c1-21-42-31-16-27(51-19-22-4-2-6-25(39)14-22)10-12-29(31)37(49)45(21)18-33(47)44-36(34(41)48)46-35(24-8-9-24)43-32-17-28(11-13-30(32)38(46)50)52-20-23-5-3-7-26(40)15-23/h2-7,10-17,24,36H,8-9,18-20H2,1H3,(H2,41,48)(H,44,47). The molecule has 0 saturated heterocycles. The van der Waals surface area contributed by atoms with Gasteiger partial charge in [0.25, 0.3) is 17.0 Å². The highest BCUT2D eigenvalue weighted by atomic mass is 19.1. The zero-order valence-corrected chi connectivity index (χ0v) is 27.8. The van der Waals surface area contributed by atoms with E-state index in [1.165, 1.54) is 36.4 Å². The fourth-order valence-corrected chi connectivity index (χ4v) is 5.94. The number of fused-ring (bicyclic) bond motifs is 2. The van der Waals surface area contributed by atoms with Gasteiger partial charge in [0.15, 0.2) is 6.17 Å². The lowest BCUT2D eigenvalue weighted by Crippen LogP contribution is -2.48. The summed E-state index contributed by atoms with van der Waals surface area (Å²) in [6, 6.07) is 21.3. The number of hydrogen-bond acceptors (Lipinski definition) is 8.